The van der Waals surface area contributed by atoms with Crippen molar-refractivity contribution >= 4 is 33.4 Å². The molecule has 2 fully saturated rings. The van der Waals surface area contributed by atoms with Crippen molar-refractivity contribution in [2.75, 3.05) is 50.0 Å². The molecule has 0 bridgehead atoms. The topological polar surface area (TPSA) is 83.3 Å². The molecule has 8 heteroatoms. The van der Waals surface area contributed by atoms with Crippen molar-refractivity contribution in [3.63, 3.8) is 0 Å². The van der Waals surface area contributed by atoms with Crippen LogP contribution in [0.15, 0.2) is 18.5 Å². The van der Waals surface area contributed by atoms with E-state index in [1.165, 1.54) is 12.3 Å². The smallest absolute Gasteiger partial charge is 0.147 e. The minimum absolute atomic E-state index is 0.351. The lowest BCUT2D eigenvalue weighted by Gasteiger charge is -2.41. The zero-order valence-electron chi connectivity index (χ0n) is 15.1. The zero-order chi connectivity index (χ0) is 18.4. The number of morpholine rings is 1. The summed E-state index contributed by atoms with van der Waals surface area (Å²) in [4.78, 5) is 16.6. The third-order valence-electron chi connectivity index (χ3n) is 5.80. The first-order valence-electron chi connectivity index (χ1n) is 9.49. The predicted molar refractivity (Wildman–Crippen MR) is 103 cm³/mol. The summed E-state index contributed by atoms with van der Waals surface area (Å²) in [6.45, 7) is 5.48. The van der Waals surface area contributed by atoms with Crippen LogP contribution in [0, 0.1) is 5.82 Å². The Balaban J connectivity index is 1.49. The van der Waals surface area contributed by atoms with E-state index < -0.39 is 0 Å². The molecule has 0 spiro atoms. The van der Waals surface area contributed by atoms with Gasteiger partial charge in [-0.1, -0.05) is 0 Å². The Labute approximate surface area is 156 Å². The van der Waals surface area contributed by atoms with E-state index in [2.05, 4.69) is 24.8 Å². The van der Waals surface area contributed by atoms with Crippen molar-refractivity contribution in [3.05, 3.63) is 24.3 Å². The number of hydrogen-bond acceptors (Lipinski definition) is 6. The van der Waals surface area contributed by atoms with E-state index in [4.69, 9.17) is 10.5 Å². The van der Waals surface area contributed by atoms with E-state index in [0.717, 1.165) is 74.2 Å². The molecular weight excluding hydrogens is 347 g/mol. The summed E-state index contributed by atoms with van der Waals surface area (Å²) in [5.74, 6) is 0.133. The van der Waals surface area contributed by atoms with E-state index in [-0.39, 0.29) is 5.82 Å². The molecule has 0 aromatic carbocycles. The zero-order valence-corrected chi connectivity index (χ0v) is 15.1. The Morgan fingerprint density at radius 1 is 1.11 bits per heavy atom. The van der Waals surface area contributed by atoms with Crippen LogP contribution in [0.3, 0.4) is 0 Å². The molecule has 2 aliphatic heterocycles. The number of aromatic nitrogens is 3. The van der Waals surface area contributed by atoms with Crippen molar-refractivity contribution in [3.8, 4) is 0 Å². The van der Waals surface area contributed by atoms with Crippen molar-refractivity contribution in [1.29, 1.82) is 0 Å². The molecule has 27 heavy (non-hydrogen) atoms. The molecular formula is C19H23FN6O. The molecule has 2 saturated heterocycles. The molecule has 3 N–H and O–H groups in total. The first-order chi connectivity index (χ1) is 13.2. The van der Waals surface area contributed by atoms with Crippen LogP contribution in [0.2, 0.25) is 0 Å². The summed E-state index contributed by atoms with van der Waals surface area (Å²) in [6.07, 6.45) is 5.08. The molecule has 3 aromatic rings. The highest BCUT2D eigenvalue weighted by atomic mass is 19.1. The van der Waals surface area contributed by atoms with Gasteiger partial charge in [0.2, 0.25) is 0 Å². The number of anilines is 2. The maximum atomic E-state index is 13.8. The van der Waals surface area contributed by atoms with Crippen LogP contribution in [-0.4, -0.2) is 65.3 Å². The molecule has 0 atom stereocenters. The Kier molecular flexibility index (Phi) is 4.09. The summed E-state index contributed by atoms with van der Waals surface area (Å²) < 4.78 is 19.3. The normalized spacial score (nSPS) is 20.0. The van der Waals surface area contributed by atoms with Crippen LogP contribution < -0.4 is 10.6 Å². The first kappa shape index (κ1) is 16.7. The quantitative estimate of drug-likeness (QED) is 0.719. The summed E-state index contributed by atoms with van der Waals surface area (Å²) in [7, 11) is 0. The van der Waals surface area contributed by atoms with Crippen LogP contribution in [0.5, 0.6) is 0 Å². The third kappa shape index (κ3) is 2.89. The molecule has 5 rings (SSSR count). The minimum Gasteiger partial charge on any atom is -0.382 e. The molecule has 0 unspecified atom stereocenters. The SMILES string of the molecule is Nc1ncc2[nH]c3ncc(F)cc3c2c1N1CCC(N2CCOCC2)CC1. The van der Waals surface area contributed by atoms with E-state index >= 15 is 0 Å². The number of nitrogens with zero attached hydrogens (tertiary/aromatic N) is 4. The van der Waals surface area contributed by atoms with Crippen molar-refractivity contribution in [2.45, 2.75) is 18.9 Å². The Hall–Kier alpha value is -2.45. The second kappa shape index (κ2) is 6.61. The second-order valence-electron chi connectivity index (χ2n) is 7.32. The number of halogens is 1. The summed E-state index contributed by atoms with van der Waals surface area (Å²) in [5, 5.41) is 1.67. The molecule has 7 nitrogen and oxygen atoms in total. The molecule has 3 aromatic heterocycles. The van der Waals surface area contributed by atoms with Crippen LogP contribution in [-0.2, 0) is 4.74 Å². The van der Waals surface area contributed by atoms with Gasteiger partial charge in [0.25, 0.3) is 0 Å². The fourth-order valence-corrected chi connectivity index (χ4v) is 4.46. The lowest BCUT2D eigenvalue weighted by atomic mass is 10.0. The van der Waals surface area contributed by atoms with Gasteiger partial charge in [-0.2, -0.15) is 0 Å². The average molecular weight is 370 g/mol. The van der Waals surface area contributed by atoms with E-state index in [1.807, 2.05) is 0 Å². The van der Waals surface area contributed by atoms with Gasteiger partial charge in [-0.25, -0.2) is 14.4 Å². The number of nitrogens with two attached hydrogens (primary N) is 1. The molecule has 0 radical (unpaired) electrons. The van der Waals surface area contributed by atoms with Crippen LogP contribution in [0.4, 0.5) is 15.9 Å². The molecule has 2 aliphatic rings. The number of H-pyrrole nitrogens is 1. The monoisotopic (exact) mass is 370 g/mol. The highest BCUT2D eigenvalue weighted by molar-refractivity contribution is 6.14. The summed E-state index contributed by atoms with van der Waals surface area (Å²) in [5.41, 5.74) is 8.66. The van der Waals surface area contributed by atoms with Gasteiger partial charge in [0, 0.05) is 43.0 Å². The predicted octanol–water partition coefficient (Wildman–Crippen LogP) is 2.13. The lowest BCUT2D eigenvalue weighted by molar-refractivity contribution is 0.0115. The maximum absolute atomic E-state index is 13.8. The Morgan fingerprint density at radius 2 is 1.89 bits per heavy atom. The molecule has 142 valence electrons. The highest BCUT2D eigenvalue weighted by Crippen LogP contribution is 2.37. The van der Waals surface area contributed by atoms with Gasteiger partial charge in [0.05, 0.1) is 36.8 Å². The number of fused-ring (bicyclic) bond motifs is 3. The number of rotatable bonds is 2. The third-order valence-corrected chi connectivity index (χ3v) is 5.80. The second-order valence-corrected chi connectivity index (χ2v) is 7.32. The lowest BCUT2D eigenvalue weighted by Crippen LogP contribution is -2.49. The van der Waals surface area contributed by atoms with E-state index in [0.29, 0.717) is 17.5 Å². The number of ether oxygens (including phenoxy) is 1. The standard InChI is InChI=1S/C19H23FN6O/c20-12-9-14-16-15(24-19(14)23-10-12)11-22-18(21)17(16)26-3-1-13(2-4-26)25-5-7-27-8-6-25/h9-11,13H,1-8H2,(H2,21,22)(H,23,24). The molecule has 0 saturated carbocycles. The fourth-order valence-electron chi connectivity index (χ4n) is 4.46. The summed E-state index contributed by atoms with van der Waals surface area (Å²) >= 11 is 0. The Bertz CT molecular complexity index is 975. The van der Waals surface area contributed by atoms with Crippen LogP contribution in [0.1, 0.15) is 12.8 Å². The number of pyridine rings is 2. The summed E-state index contributed by atoms with van der Waals surface area (Å²) in [6, 6.07) is 2.10. The van der Waals surface area contributed by atoms with Crippen molar-refractivity contribution in [1.82, 2.24) is 19.9 Å². The number of hydrogen-bond donors (Lipinski definition) is 2. The van der Waals surface area contributed by atoms with Gasteiger partial charge in [0.15, 0.2) is 0 Å². The van der Waals surface area contributed by atoms with Crippen LogP contribution >= 0.6 is 0 Å². The van der Waals surface area contributed by atoms with Gasteiger partial charge in [-0.05, 0) is 18.9 Å². The van der Waals surface area contributed by atoms with E-state index in [9.17, 15) is 4.39 Å². The molecule has 0 aliphatic carbocycles. The molecule has 0 amide bonds. The highest BCUT2D eigenvalue weighted by Gasteiger charge is 2.28. The molecule has 5 heterocycles. The van der Waals surface area contributed by atoms with Gasteiger partial charge < -0.3 is 20.4 Å². The minimum atomic E-state index is -0.351. The Morgan fingerprint density at radius 3 is 2.67 bits per heavy atom. The first-order valence-corrected chi connectivity index (χ1v) is 9.49. The largest absolute Gasteiger partial charge is 0.382 e. The van der Waals surface area contributed by atoms with Gasteiger partial charge >= 0.3 is 0 Å². The number of nitrogen functional groups attached to an aromatic ring is 1. The average Bonchev–Trinajstić information content (AvgIpc) is 3.07. The van der Waals surface area contributed by atoms with Crippen LogP contribution in [0.25, 0.3) is 21.9 Å². The number of aromatic amines is 1. The van der Waals surface area contributed by atoms with Gasteiger partial charge in [-0.15, -0.1) is 0 Å². The maximum Gasteiger partial charge on any atom is 0.147 e. The van der Waals surface area contributed by atoms with Gasteiger partial charge in [-0.3, -0.25) is 4.90 Å². The van der Waals surface area contributed by atoms with E-state index in [1.54, 1.807) is 6.20 Å². The van der Waals surface area contributed by atoms with Crippen molar-refractivity contribution < 1.29 is 9.13 Å². The van der Waals surface area contributed by atoms with Crippen molar-refractivity contribution in [2.24, 2.45) is 0 Å². The van der Waals surface area contributed by atoms with Gasteiger partial charge in [0.1, 0.15) is 17.3 Å². The fraction of sp³-hybridized carbons (Fsp3) is 0.474. The number of piperidine rings is 1. The number of nitrogens with one attached hydrogen (secondary N) is 1.